The lowest BCUT2D eigenvalue weighted by Crippen LogP contribution is -2.42. The third-order valence-electron chi connectivity index (χ3n) is 3.47. The number of piperidine rings is 1. The van der Waals surface area contributed by atoms with Crippen LogP contribution < -0.4 is 10.6 Å². The number of nitrogens with one attached hydrogen (secondary N) is 2. The molecule has 1 fully saturated rings. The van der Waals surface area contributed by atoms with Gasteiger partial charge in [-0.05, 0) is 44.1 Å². The van der Waals surface area contributed by atoms with Crippen LogP contribution in [0.15, 0.2) is 36.9 Å². The molecule has 0 saturated carbocycles. The van der Waals surface area contributed by atoms with Crippen LogP contribution in [0.4, 0.5) is 0 Å². The number of nitrogens with zero attached hydrogens (tertiary/aromatic N) is 3. The van der Waals surface area contributed by atoms with E-state index in [2.05, 4.69) is 20.7 Å². The zero-order valence-electron chi connectivity index (χ0n) is 11.1. The molecule has 1 saturated heterocycles. The molecular formula is C14H17N5O. The summed E-state index contributed by atoms with van der Waals surface area (Å²) in [5.41, 5.74) is 1.48. The van der Waals surface area contributed by atoms with Crippen molar-refractivity contribution >= 4 is 5.91 Å². The van der Waals surface area contributed by atoms with Crippen molar-refractivity contribution in [1.29, 1.82) is 0 Å². The molecule has 0 atom stereocenters. The van der Waals surface area contributed by atoms with E-state index in [0.29, 0.717) is 5.56 Å². The van der Waals surface area contributed by atoms with Gasteiger partial charge in [-0.1, -0.05) is 6.07 Å². The molecule has 3 rings (SSSR count). The molecule has 1 aromatic carbocycles. The summed E-state index contributed by atoms with van der Waals surface area (Å²) in [7, 11) is 0. The summed E-state index contributed by atoms with van der Waals surface area (Å²) in [6.07, 6.45) is 5.05. The smallest absolute Gasteiger partial charge is 0.251 e. The van der Waals surface area contributed by atoms with Gasteiger partial charge in [0.05, 0.1) is 5.69 Å². The summed E-state index contributed by atoms with van der Waals surface area (Å²) < 4.78 is 1.64. The number of hydrogen-bond donors (Lipinski definition) is 2. The molecule has 0 radical (unpaired) electrons. The van der Waals surface area contributed by atoms with Crippen molar-refractivity contribution in [1.82, 2.24) is 25.4 Å². The van der Waals surface area contributed by atoms with Gasteiger partial charge < -0.3 is 10.6 Å². The standard InChI is InChI=1S/C14H17N5O/c20-14(18-12-4-6-15-7-5-12)11-2-1-3-13(8-11)19-10-16-9-17-19/h1-3,8-10,12,15H,4-7H2,(H,18,20). The van der Waals surface area contributed by atoms with Crippen LogP contribution in [-0.2, 0) is 0 Å². The van der Waals surface area contributed by atoms with E-state index in [1.807, 2.05) is 24.3 Å². The Labute approximate surface area is 117 Å². The Kier molecular flexibility index (Phi) is 3.73. The van der Waals surface area contributed by atoms with Gasteiger partial charge in [0.25, 0.3) is 5.91 Å². The Morgan fingerprint density at radius 3 is 2.95 bits per heavy atom. The molecule has 2 N–H and O–H groups in total. The minimum atomic E-state index is -0.0288. The van der Waals surface area contributed by atoms with E-state index in [1.54, 1.807) is 11.0 Å². The molecule has 1 aliphatic heterocycles. The molecule has 1 aliphatic rings. The number of amides is 1. The minimum Gasteiger partial charge on any atom is -0.349 e. The van der Waals surface area contributed by atoms with Crippen molar-refractivity contribution in [3.63, 3.8) is 0 Å². The number of hydrogen-bond acceptors (Lipinski definition) is 4. The molecule has 0 spiro atoms. The molecule has 0 bridgehead atoms. The topological polar surface area (TPSA) is 71.8 Å². The Hall–Kier alpha value is -2.21. The van der Waals surface area contributed by atoms with Crippen LogP contribution in [0.5, 0.6) is 0 Å². The van der Waals surface area contributed by atoms with Gasteiger partial charge in [0.2, 0.25) is 0 Å². The van der Waals surface area contributed by atoms with Crippen molar-refractivity contribution in [2.24, 2.45) is 0 Å². The van der Waals surface area contributed by atoms with Gasteiger partial charge in [-0.2, -0.15) is 5.10 Å². The highest BCUT2D eigenvalue weighted by molar-refractivity contribution is 5.94. The summed E-state index contributed by atoms with van der Waals surface area (Å²) in [4.78, 5) is 16.2. The zero-order chi connectivity index (χ0) is 13.8. The highest BCUT2D eigenvalue weighted by Crippen LogP contribution is 2.10. The van der Waals surface area contributed by atoms with Crippen molar-refractivity contribution in [2.75, 3.05) is 13.1 Å². The Balaban J connectivity index is 1.73. The molecule has 6 heteroatoms. The first kappa shape index (κ1) is 12.8. The van der Waals surface area contributed by atoms with Gasteiger partial charge in [0.1, 0.15) is 12.7 Å². The van der Waals surface area contributed by atoms with Gasteiger partial charge in [-0.25, -0.2) is 9.67 Å². The van der Waals surface area contributed by atoms with Crippen LogP contribution in [0.25, 0.3) is 5.69 Å². The monoisotopic (exact) mass is 271 g/mol. The molecule has 1 amide bonds. The molecule has 2 heterocycles. The maximum atomic E-state index is 12.3. The van der Waals surface area contributed by atoms with Gasteiger partial charge in [-0.3, -0.25) is 4.79 Å². The van der Waals surface area contributed by atoms with Crippen LogP contribution in [0, 0.1) is 0 Å². The minimum absolute atomic E-state index is 0.0288. The number of aromatic nitrogens is 3. The SMILES string of the molecule is O=C(NC1CCNCC1)c1cccc(-n2cncn2)c1. The molecule has 6 nitrogen and oxygen atoms in total. The van der Waals surface area contributed by atoms with Crippen LogP contribution in [-0.4, -0.2) is 39.8 Å². The first-order valence-electron chi connectivity index (χ1n) is 6.79. The second-order valence-corrected chi connectivity index (χ2v) is 4.89. The van der Waals surface area contributed by atoms with Crippen LogP contribution in [0.1, 0.15) is 23.2 Å². The maximum absolute atomic E-state index is 12.3. The van der Waals surface area contributed by atoms with E-state index in [1.165, 1.54) is 6.33 Å². The summed E-state index contributed by atoms with van der Waals surface area (Å²) >= 11 is 0. The number of carbonyl (C=O) groups excluding carboxylic acids is 1. The van der Waals surface area contributed by atoms with Crippen LogP contribution >= 0.6 is 0 Å². The van der Waals surface area contributed by atoms with Gasteiger partial charge >= 0.3 is 0 Å². The summed E-state index contributed by atoms with van der Waals surface area (Å²) in [5.74, 6) is -0.0288. The third kappa shape index (κ3) is 2.85. The lowest BCUT2D eigenvalue weighted by atomic mass is 10.1. The van der Waals surface area contributed by atoms with Crippen molar-refractivity contribution in [3.05, 3.63) is 42.5 Å². The summed E-state index contributed by atoms with van der Waals surface area (Å²) in [6.45, 7) is 1.92. The normalized spacial score (nSPS) is 16.0. The first-order chi connectivity index (χ1) is 9.83. The first-order valence-corrected chi connectivity index (χ1v) is 6.79. The second kappa shape index (κ2) is 5.83. The summed E-state index contributed by atoms with van der Waals surface area (Å²) in [5, 5.41) is 10.4. The lowest BCUT2D eigenvalue weighted by molar-refractivity contribution is 0.0929. The summed E-state index contributed by atoms with van der Waals surface area (Å²) in [6, 6.07) is 7.66. The predicted octanol–water partition coefficient (Wildman–Crippen LogP) is 0.749. The second-order valence-electron chi connectivity index (χ2n) is 4.89. The van der Waals surface area contributed by atoms with Crippen LogP contribution in [0.3, 0.4) is 0 Å². The fourth-order valence-electron chi connectivity index (χ4n) is 2.37. The fraction of sp³-hybridized carbons (Fsp3) is 0.357. The largest absolute Gasteiger partial charge is 0.349 e. The van der Waals surface area contributed by atoms with E-state index >= 15 is 0 Å². The van der Waals surface area contributed by atoms with E-state index < -0.39 is 0 Å². The van der Waals surface area contributed by atoms with E-state index in [0.717, 1.165) is 31.6 Å². The van der Waals surface area contributed by atoms with Gasteiger partial charge in [0.15, 0.2) is 0 Å². The van der Waals surface area contributed by atoms with Crippen LogP contribution in [0.2, 0.25) is 0 Å². The molecule has 2 aromatic rings. The van der Waals surface area contributed by atoms with E-state index in [-0.39, 0.29) is 11.9 Å². The average molecular weight is 271 g/mol. The van der Waals surface area contributed by atoms with Crippen molar-refractivity contribution < 1.29 is 4.79 Å². The lowest BCUT2D eigenvalue weighted by Gasteiger charge is -2.23. The highest BCUT2D eigenvalue weighted by Gasteiger charge is 2.16. The Morgan fingerprint density at radius 1 is 1.35 bits per heavy atom. The fourth-order valence-corrected chi connectivity index (χ4v) is 2.37. The molecule has 1 aromatic heterocycles. The van der Waals surface area contributed by atoms with E-state index in [4.69, 9.17) is 0 Å². The highest BCUT2D eigenvalue weighted by atomic mass is 16.1. The zero-order valence-corrected chi connectivity index (χ0v) is 11.1. The van der Waals surface area contributed by atoms with E-state index in [9.17, 15) is 4.79 Å². The molecule has 0 unspecified atom stereocenters. The average Bonchev–Trinajstić information content (AvgIpc) is 3.03. The van der Waals surface area contributed by atoms with Gasteiger partial charge in [-0.15, -0.1) is 0 Å². The quantitative estimate of drug-likeness (QED) is 0.864. The predicted molar refractivity (Wildman–Crippen MR) is 74.7 cm³/mol. The molecule has 20 heavy (non-hydrogen) atoms. The number of rotatable bonds is 3. The molecule has 0 aliphatic carbocycles. The Morgan fingerprint density at radius 2 is 2.20 bits per heavy atom. The number of carbonyl (C=O) groups is 1. The van der Waals surface area contributed by atoms with Gasteiger partial charge in [0, 0.05) is 11.6 Å². The van der Waals surface area contributed by atoms with Crippen molar-refractivity contribution in [2.45, 2.75) is 18.9 Å². The Bertz CT molecular complexity index is 575. The van der Waals surface area contributed by atoms with Crippen molar-refractivity contribution in [3.8, 4) is 5.69 Å². The molecular weight excluding hydrogens is 254 g/mol. The number of benzene rings is 1. The third-order valence-corrected chi connectivity index (χ3v) is 3.47. The molecule has 104 valence electrons. The maximum Gasteiger partial charge on any atom is 0.251 e.